The molecule has 1 rings (SSSR count). The number of benzene rings is 1. The molecule has 0 unspecified atom stereocenters. The number of carbonyl (C=O) groups is 2. The molecule has 0 saturated heterocycles. The minimum absolute atomic E-state index is 0.0283. The third kappa shape index (κ3) is 4.73. The molecule has 1 aromatic rings. The van der Waals surface area contributed by atoms with Gasteiger partial charge in [-0.25, -0.2) is 0 Å². The number of hydrogen-bond donors (Lipinski definition) is 0. The molecule has 0 radical (unpaired) electrons. The van der Waals surface area contributed by atoms with Gasteiger partial charge in [-0.05, 0) is 31.5 Å². The molecule has 0 aliphatic carbocycles. The van der Waals surface area contributed by atoms with Gasteiger partial charge in [0.25, 0.3) is 0 Å². The van der Waals surface area contributed by atoms with E-state index < -0.39 is 5.97 Å². The topological polar surface area (TPSA) is 70.4 Å². The van der Waals surface area contributed by atoms with E-state index in [9.17, 15) is 9.59 Å². The number of nitriles is 1. The van der Waals surface area contributed by atoms with Crippen LogP contribution in [0.3, 0.4) is 0 Å². The van der Waals surface area contributed by atoms with Crippen molar-refractivity contribution in [3.8, 4) is 6.07 Å². The molecule has 0 atom stereocenters. The van der Waals surface area contributed by atoms with Gasteiger partial charge < -0.3 is 9.64 Å². The lowest BCUT2D eigenvalue weighted by Gasteiger charge is -2.19. The van der Waals surface area contributed by atoms with Crippen molar-refractivity contribution in [3.63, 3.8) is 0 Å². The van der Waals surface area contributed by atoms with Gasteiger partial charge >= 0.3 is 5.97 Å². The maximum Gasteiger partial charge on any atom is 0.325 e. The van der Waals surface area contributed by atoms with Gasteiger partial charge in [0.2, 0.25) is 5.91 Å². The summed E-state index contributed by atoms with van der Waals surface area (Å²) >= 11 is 0. The Morgan fingerprint density at radius 3 is 2.40 bits per heavy atom. The van der Waals surface area contributed by atoms with Crippen LogP contribution in [0.15, 0.2) is 24.3 Å². The van der Waals surface area contributed by atoms with Crippen LogP contribution >= 0.6 is 0 Å². The predicted molar refractivity (Wildman–Crippen MR) is 73.7 cm³/mol. The van der Waals surface area contributed by atoms with Gasteiger partial charge in [-0.3, -0.25) is 9.59 Å². The minimum Gasteiger partial charge on any atom is -0.465 e. The highest BCUT2D eigenvalue weighted by Crippen LogP contribution is 2.06. The van der Waals surface area contributed by atoms with Gasteiger partial charge in [0.15, 0.2) is 0 Å². The van der Waals surface area contributed by atoms with Crippen LogP contribution < -0.4 is 0 Å². The highest BCUT2D eigenvalue weighted by molar-refractivity contribution is 5.83. The second-order valence-electron chi connectivity index (χ2n) is 4.20. The number of carbonyl (C=O) groups excluding carboxylic acids is 2. The number of amides is 1. The van der Waals surface area contributed by atoms with Crippen LogP contribution in [0, 0.1) is 11.3 Å². The molecule has 1 aromatic carbocycles. The van der Waals surface area contributed by atoms with Gasteiger partial charge in [0.1, 0.15) is 6.54 Å². The van der Waals surface area contributed by atoms with E-state index in [2.05, 4.69) is 0 Å². The van der Waals surface area contributed by atoms with E-state index in [1.54, 1.807) is 31.2 Å². The molecule has 5 nitrogen and oxygen atoms in total. The maximum atomic E-state index is 12.1. The highest BCUT2D eigenvalue weighted by Gasteiger charge is 2.16. The van der Waals surface area contributed by atoms with Gasteiger partial charge in [-0.1, -0.05) is 12.1 Å². The second-order valence-corrected chi connectivity index (χ2v) is 4.20. The average molecular weight is 274 g/mol. The van der Waals surface area contributed by atoms with Crippen molar-refractivity contribution < 1.29 is 14.3 Å². The van der Waals surface area contributed by atoms with E-state index in [-0.39, 0.29) is 18.9 Å². The number of rotatable bonds is 6. The Morgan fingerprint density at radius 1 is 1.25 bits per heavy atom. The van der Waals surface area contributed by atoms with Gasteiger partial charge in [-0.2, -0.15) is 5.26 Å². The fourth-order valence-electron chi connectivity index (χ4n) is 1.72. The first-order chi connectivity index (χ1) is 9.60. The van der Waals surface area contributed by atoms with Crippen molar-refractivity contribution in [1.82, 2.24) is 4.90 Å². The van der Waals surface area contributed by atoms with E-state index in [1.807, 2.05) is 13.0 Å². The minimum atomic E-state index is -0.400. The van der Waals surface area contributed by atoms with Gasteiger partial charge in [-0.15, -0.1) is 0 Å². The van der Waals surface area contributed by atoms with Crippen molar-refractivity contribution >= 4 is 11.9 Å². The smallest absolute Gasteiger partial charge is 0.325 e. The van der Waals surface area contributed by atoms with Crippen molar-refractivity contribution in [3.05, 3.63) is 35.4 Å². The molecular formula is C15H18N2O3. The summed E-state index contributed by atoms with van der Waals surface area (Å²) in [5, 5.41) is 8.71. The molecule has 0 aliphatic rings. The zero-order valence-electron chi connectivity index (χ0n) is 11.8. The van der Waals surface area contributed by atoms with Crippen LogP contribution in [0.2, 0.25) is 0 Å². The lowest BCUT2D eigenvalue weighted by Crippen LogP contribution is -2.37. The quantitative estimate of drug-likeness (QED) is 0.737. The number of nitrogens with zero attached hydrogens (tertiary/aromatic N) is 2. The average Bonchev–Trinajstić information content (AvgIpc) is 2.45. The summed E-state index contributed by atoms with van der Waals surface area (Å²) in [6, 6.07) is 8.86. The Balaban J connectivity index is 2.62. The molecule has 0 bridgehead atoms. The number of esters is 1. The molecule has 1 amide bonds. The molecule has 0 N–H and O–H groups in total. The van der Waals surface area contributed by atoms with Crippen LogP contribution in [-0.4, -0.2) is 36.5 Å². The summed E-state index contributed by atoms with van der Waals surface area (Å²) in [5.74, 6) is -0.534. The molecular weight excluding hydrogens is 256 g/mol. The Labute approximate surface area is 118 Å². The number of ether oxygens (including phenoxy) is 1. The zero-order valence-corrected chi connectivity index (χ0v) is 11.8. The Kier molecular flexibility index (Phi) is 6.24. The SMILES string of the molecule is CCOC(=O)CN(CC)C(=O)Cc1ccc(C#N)cc1. The Morgan fingerprint density at radius 2 is 1.90 bits per heavy atom. The third-order valence-corrected chi connectivity index (χ3v) is 2.80. The van der Waals surface area contributed by atoms with Crippen molar-refractivity contribution in [2.75, 3.05) is 19.7 Å². The van der Waals surface area contributed by atoms with Crippen molar-refractivity contribution in [2.45, 2.75) is 20.3 Å². The monoisotopic (exact) mass is 274 g/mol. The Bertz CT molecular complexity index is 503. The summed E-state index contributed by atoms with van der Waals surface area (Å²) in [6.07, 6.45) is 0.207. The fraction of sp³-hybridized carbons (Fsp3) is 0.400. The summed E-state index contributed by atoms with van der Waals surface area (Å²) < 4.78 is 4.84. The van der Waals surface area contributed by atoms with Crippen molar-refractivity contribution in [1.29, 1.82) is 5.26 Å². The standard InChI is InChI=1S/C15H18N2O3/c1-3-17(11-15(19)20-4-2)14(18)9-12-5-7-13(10-16)8-6-12/h5-8H,3-4,9,11H2,1-2H3. The molecule has 106 valence electrons. The van der Waals surface area contributed by atoms with Crippen LogP contribution in [0.1, 0.15) is 25.0 Å². The highest BCUT2D eigenvalue weighted by atomic mass is 16.5. The zero-order chi connectivity index (χ0) is 15.0. The lowest BCUT2D eigenvalue weighted by atomic mass is 10.1. The van der Waals surface area contributed by atoms with Crippen LogP contribution in [0.4, 0.5) is 0 Å². The third-order valence-electron chi connectivity index (χ3n) is 2.80. The molecule has 0 fully saturated rings. The van der Waals surface area contributed by atoms with Crippen molar-refractivity contribution in [2.24, 2.45) is 0 Å². The van der Waals surface area contributed by atoms with E-state index in [4.69, 9.17) is 10.00 Å². The number of likely N-dealkylation sites (N-methyl/N-ethyl adjacent to an activating group) is 1. The van der Waals surface area contributed by atoms with Gasteiger partial charge in [0.05, 0.1) is 24.7 Å². The molecule has 5 heteroatoms. The first kappa shape index (κ1) is 15.7. The molecule has 0 heterocycles. The molecule has 0 spiro atoms. The molecule has 0 saturated carbocycles. The summed E-state index contributed by atoms with van der Waals surface area (Å²) in [6.45, 7) is 4.27. The number of hydrogen-bond acceptors (Lipinski definition) is 4. The molecule has 0 aromatic heterocycles. The molecule has 20 heavy (non-hydrogen) atoms. The van der Waals surface area contributed by atoms with E-state index in [0.29, 0.717) is 18.7 Å². The summed E-state index contributed by atoms with van der Waals surface area (Å²) in [5.41, 5.74) is 1.37. The fourth-order valence-corrected chi connectivity index (χ4v) is 1.72. The maximum absolute atomic E-state index is 12.1. The predicted octanol–water partition coefficient (Wildman–Crippen LogP) is 1.51. The van der Waals surface area contributed by atoms with E-state index in [0.717, 1.165) is 5.56 Å². The van der Waals surface area contributed by atoms with Crippen LogP contribution in [-0.2, 0) is 20.7 Å². The second kappa shape index (κ2) is 7.95. The van der Waals surface area contributed by atoms with Gasteiger partial charge in [0, 0.05) is 6.54 Å². The van der Waals surface area contributed by atoms with E-state index >= 15 is 0 Å². The summed E-state index contributed by atoms with van der Waals surface area (Å²) in [7, 11) is 0. The largest absolute Gasteiger partial charge is 0.465 e. The first-order valence-electron chi connectivity index (χ1n) is 6.53. The van der Waals surface area contributed by atoms with Crippen LogP contribution in [0.5, 0.6) is 0 Å². The summed E-state index contributed by atoms with van der Waals surface area (Å²) in [4.78, 5) is 24.9. The van der Waals surface area contributed by atoms with Crippen LogP contribution in [0.25, 0.3) is 0 Å². The van der Waals surface area contributed by atoms with E-state index in [1.165, 1.54) is 4.90 Å². The first-order valence-corrected chi connectivity index (χ1v) is 6.53. The lowest BCUT2D eigenvalue weighted by molar-refractivity contribution is -0.148. The normalized spacial score (nSPS) is 9.65. The Hall–Kier alpha value is -2.35. The molecule has 0 aliphatic heterocycles.